The number of urea groups is 1. The van der Waals surface area contributed by atoms with Crippen LogP contribution >= 0.6 is 11.6 Å². The lowest BCUT2D eigenvalue weighted by atomic mass is 10.1. The smallest absolute Gasteiger partial charge is 0.322 e. The number of anilines is 5. The number of carbonyl (C=O) groups excluding carboxylic acids is 2. The summed E-state index contributed by atoms with van der Waals surface area (Å²) in [6.45, 7) is 3.64. The van der Waals surface area contributed by atoms with Crippen LogP contribution in [0.25, 0.3) is 0 Å². The Labute approximate surface area is 261 Å². The maximum atomic E-state index is 14.1. The van der Waals surface area contributed by atoms with Gasteiger partial charge >= 0.3 is 6.03 Å². The molecule has 11 nitrogen and oxygen atoms in total. The molecule has 0 atom stereocenters. The molecule has 0 saturated carbocycles. The standard InChI is InChI=1S/C32H34ClN9O2/c1-39-22-27(29(33)38-39)36-31-34-19-24-21-41(20-23-10-4-2-5-11-23)32(44)42(30(24)37-31)26-13-8-12-25(18-26)35-28(43)14-9-17-40-15-6-3-7-16-40/h2,4-5,8-14,18-19,22H,3,6-7,15-17,20-21H2,1H3,(H,35,43)(H,34,36,37)/b14-9+. The molecule has 2 aromatic carbocycles. The van der Waals surface area contributed by atoms with Crippen LogP contribution in [0.2, 0.25) is 5.15 Å². The van der Waals surface area contributed by atoms with Crippen molar-refractivity contribution in [3.63, 3.8) is 0 Å². The normalized spacial score (nSPS) is 15.5. The minimum absolute atomic E-state index is 0.225. The monoisotopic (exact) mass is 611 g/mol. The van der Waals surface area contributed by atoms with Crippen LogP contribution in [0.15, 0.2) is 79.1 Å². The van der Waals surface area contributed by atoms with E-state index < -0.39 is 0 Å². The maximum Gasteiger partial charge on any atom is 0.330 e. The number of rotatable bonds is 9. The first-order valence-corrected chi connectivity index (χ1v) is 15.1. The third-order valence-electron chi connectivity index (χ3n) is 7.58. The Kier molecular flexibility index (Phi) is 8.85. The van der Waals surface area contributed by atoms with Gasteiger partial charge in [-0.15, -0.1) is 0 Å². The first-order valence-electron chi connectivity index (χ1n) is 14.7. The molecule has 0 unspecified atom stereocenters. The van der Waals surface area contributed by atoms with Gasteiger partial charge in [0.2, 0.25) is 11.9 Å². The quantitative estimate of drug-likeness (QED) is 0.228. The number of nitrogens with one attached hydrogen (secondary N) is 2. The van der Waals surface area contributed by atoms with E-state index in [0.29, 0.717) is 36.0 Å². The molecule has 2 aliphatic rings. The second-order valence-electron chi connectivity index (χ2n) is 10.9. The predicted molar refractivity (Wildman–Crippen MR) is 171 cm³/mol. The van der Waals surface area contributed by atoms with Crippen molar-refractivity contribution in [1.82, 2.24) is 29.5 Å². The van der Waals surface area contributed by atoms with Crippen molar-refractivity contribution < 1.29 is 9.59 Å². The van der Waals surface area contributed by atoms with Gasteiger partial charge in [0.25, 0.3) is 0 Å². The lowest BCUT2D eigenvalue weighted by Crippen LogP contribution is -2.45. The van der Waals surface area contributed by atoms with Crippen LogP contribution in [0.3, 0.4) is 0 Å². The molecule has 0 spiro atoms. The second kappa shape index (κ2) is 13.3. The van der Waals surface area contributed by atoms with Gasteiger partial charge in [0, 0.05) is 49.9 Å². The summed E-state index contributed by atoms with van der Waals surface area (Å²) in [6.07, 6.45) is 10.6. The number of halogens is 1. The first-order chi connectivity index (χ1) is 21.4. The summed E-state index contributed by atoms with van der Waals surface area (Å²) in [7, 11) is 1.77. The zero-order chi connectivity index (χ0) is 30.5. The molecule has 12 heteroatoms. The third kappa shape index (κ3) is 6.90. The molecule has 0 bridgehead atoms. The minimum atomic E-state index is -0.240. The summed E-state index contributed by atoms with van der Waals surface area (Å²) >= 11 is 6.25. The van der Waals surface area contributed by atoms with Crippen LogP contribution in [-0.2, 0) is 24.9 Å². The summed E-state index contributed by atoms with van der Waals surface area (Å²) in [4.78, 5) is 41.7. The zero-order valence-electron chi connectivity index (χ0n) is 24.5. The van der Waals surface area contributed by atoms with Crippen molar-refractivity contribution in [2.45, 2.75) is 32.4 Å². The van der Waals surface area contributed by atoms with Gasteiger partial charge in [-0.1, -0.05) is 60.5 Å². The summed E-state index contributed by atoms with van der Waals surface area (Å²) in [5.74, 6) is 0.496. The molecule has 3 amide bonds. The molecule has 1 saturated heterocycles. The zero-order valence-corrected chi connectivity index (χ0v) is 25.2. The SMILES string of the molecule is Cn1cc(Nc2ncc3c(n2)N(c2cccc(NC(=O)/C=C/CN4CCCCC4)c2)C(=O)N(Cc2ccccc2)C3)c(Cl)n1. The van der Waals surface area contributed by atoms with Crippen molar-refractivity contribution >= 4 is 52.4 Å². The van der Waals surface area contributed by atoms with Gasteiger partial charge in [0.1, 0.15) is 0 Å². The van der Waals surface area contributed by atoms with E-state index in [-0.39, 0.29) is 23.0 Å². The van der Waals surface area contributed by atoms with E-state index in [1.807, 2.05) is 42.5 Å². The minimum Gasteiger partial charge on any atom is -0.322 e. The number of aromatic nitrogens is 4. The number of benzene rings is 2. The number of amides is 3. The third-order valence-corrected chi connectivity index (χ3v) is 7.86. The van der Waals surface area contributed by atoms with E-state index in [1.54, 1.807) is 58.2 Å². The van der Waals surface area contributed by atoms with Crippen molar-refractivity contribution in [2.24, 2.45) is 7.05 Å². The van der Waals surface area contributed by atoms with Crippen LogP contribution in [0, 0.1) is 0 Å². The number of hydrogen-bond acceptors (Lipinski definition) is 7. The van der Waals surface area contributed by atoms with E-state index in [9.17, 15) is 9.59 Å². The largest absolute Gasteiger partial charge is 0.330 e. The van der Waals surface area contributed by atoms with Crippen molar-refractivity contribution in [3.05, 3.63) is 95.4 Å². The molecule has 1 fully saturated rings. The number of piperidine rings is 1. The molecule has 0 aliphatic carbocycles. The van der Waals surface area contributed by atoms with Crippen LogP contribution in [-0.4, -0.2) is 61.1 Å². The fraction of sp³-hybridized carbons (Fsp3) is 0.281. The highest BCUT2D eigenvalue weighted by Crippen LogP contribution is 2.36. The van der Waals surface area contributed by atoms with E-state index >= 15 is 0 Å². The van der Waals surface area contributed by atoms with Crippen LogP contribution in [0.4, 0.5) is 33.6 Å². The van der Waals surface area contributed by atoms with Gasteiger partial charge in [-0.3, -0.25) is 14.4 Å². The van der Waals surface area contributed by atoms with E-state index in [1.165, 1.54) is 19.3 Å². The second-order valence-corrected chi connectivity index (χ2v) is 11.3. The highest BCUT2D eigenvalue weighted by atomic mass is 35.5. The van der Waals surface area contributed by atoms with E-state index in [4.69, 9.17) is 16.6 Å². The first kappa shape index (κ1) is 29.3. The number of nitrogens with zero attached hydrogens (tertiary/aromatic N) is 7. The fourth-order valence-corrected chi connectivity index (χ4v) is 5.67. The number of hydrogen-bond donors (Lipinski definition) is 2. The molecular formula is C32H34ClN9O2. The van der Waals surface area contributed by atoms with Gasteiger partial charge < -0.3 is 15.5 Å². The molecule has 2 aliphatic heterocycles. The van der Waals surface area contributed by atoms with Crippen LogP contribution in [0.1, 0.15) is 30.4 Å². The Morgan fingerprint density at radius 1 is 1.07 bits per heavy atom. The van der Waals surface area contributed by atoms with E-state index in [0.717, 1.165) is 30.8 Å². The van der Waals surface area contributed by atoms with Gasteiger partial charge in [-0.05, 0) is 49.7 Å². The highest BCUT2D eigenvalue weighted by molar-refractivity contribution is 6.32. The molecule has 44 heavy (non-hydrogen) atoms. The Balaban J connectivity index is 1.27. The van der Waals surface area contributed by atoms with Crippen LogP contribution < -0.4 is 15.5 Å². The Morgan fingerprint density at radius 3 is 2.66 bits per heavy atom. The average molecular weight is 612 g/mol. The Hall–Kier alpha value is -4.74. The van der Waals surface area contributed by atoms with Gasteiger partial charge in [0.05, 0.1) is 17.9 Å². The Bertz CT molecular complexity index is 1670. The van der Waals surface area contributed by atoms with Gasteiger partial charge in [0.15, 0.2) is 11.0 Å². The highest BCUT2D eigenvalue weighted by Gasteiger charge is 2.34. The summed E-state index contributed by atoms with van der Waals surface area (Å²) < 4.78 is 1.59. The Morgan fingerprint density at radius 2 is 1.89 bits per heavy atom. The van der Waals surface area contributed by atoms with Crippen molar-refractivity contribution in [2.75, 3.05) is 35.2 Å². The molecule has 4 aromatic rings. The summed E-state index contributed by atoms with van der Waals surface area (Å²) in [6, 6.07) is 16.8. The molecular weight excluding hydrogens is 578 g/mol. The fourth-order valence-electron chi connectivity index (χ4n) is 5.45. The number of carbonyl (C=O) groups is 2. The summed E-state index contributed by atoms with van der Waals surface area (Å²) in [5.41, 5.74) is 3.46. The van der Waals surface area contributed by atoms with Gasteiger partial charge in [-0.25, -0.2) is 14.7 Å². The lowest BCUT2D eigenvalue weighted by molar-refractivity contribution is -0.111. The molecule has 0 radical (unpaired) electrons. The molecule has 2 aromatic heterocycles. The topological polar surface area (TPSA) is 112 Å². The molecule has 226 valence electrons. The van der Waals surface area contributed by atoms with Crippen LogP contribution in [0.5, 0.6) is 0 Å². The van der Waals surface area contributed by atoms with Crippen molar-refractivity contribution in [3.8, 4) is 0 Å². The molecule has 4 heterocycles. The predicted octanol–water partition coefficient (Wildman–Crippen LogP) is 5.86. The maximum absolute atomic E-state index is 14.1. The van der Waals surface area contributed by atoms with Crippen molar-refractivity contribution in [1.29, 1.82) is 0 Å². The number of aryl methyl sites for hydroxylation is 1. The van der Waals surface area contributed by atoms with E-state index in [2.05, 4.69) is 25.6 Å². The number of fused-ring (bicyclic) bond motifs is 1. The molecule has 2 N–H and O–H groups in total. The lowest BCUT2D eigenvalue weighted by Gasteiger charge is -2.36. The average Bonchev–Trinajstić information content (AvgIpc) is 3.34. The number of likely N-dealkylation sites (tertiary alicyclic amines) is 1. The van der Waals surface area contributed by atoms with Gasteiger partial charge in [-0.2, -0.15) is 10.1 Å². The molecule has 6 rings (SSSR count). The summed E-state index contributed by atoms with van der Waals surface area (Å²) in [5, 5.41) is 10.5.